The maximum absolute atomic E-state index is 11.9. The molecule has 0 aliphatic carbocycles. The van der Waals surface area contributed by atoms with Gasteiger partial charge in [-0.3, -0.25) is 0 Å². The molecular weight excluding hydrogens is 316 g/mol. The predicted octanol–water partition coefficient (Wildman–Crippen LogP) is 3.06. The fourth-order valence-corrected chi connectivity index (χ4v) is 1.36. The maximum atomic E-state index is 11.9. The zero-order valence-corrected chi connectivity index (χ0v) is 14.0. The van der Waals surface area contributed by atoms with E-state index in [4.69, 9.17) is 9.47 Å². The summed E-state index contributed by atoms with van der Waals surface area (Å²) in [5.41, 5.74) is 1.11. The molecule has 0 aromatic carbocycles. The van der Waals surface area contributed by atoms with Gasteiger partial charge in [-0.05, 0) is 41.5 Å². The van der Waals surface area contributed by atoms with Crippen LogP contribution in [0.1, 0.15) is 41.5 Å². The Morgan fingerprint density at radius 2 is 1.53 bits per heavy atom. The monoisotopic (exact) mass is 338 g/mol. The molecule has 0 atom stereocenters. The summed E-state index contributed by atoms with van der Waals surface area (Å²) in [5, 5.41) is 1.58. The molecule has 0 fully saturated rings. The first-order valence-electron chi connectivity index (χ1n) is 6.01. The normalized spacial score (nSPS) is 11.7. The van der Waals surface area contributed by atoms with Crippen molar-refractivity contribution in [3.05, 3.63) is 0 Å². The Hall–Kier alpha value is -0.980. The molecular formula is C12H23BrN2O4. The Kier molecular flexibility index (Phi) is 6.62. The number of hydrazine groups is 1. The van der Waals surface area contributed by atoms with Crippen LogP contribution in [0.5, 0.6) is 0 Å². The molecule has 0 aliphatic rings. The summed E-state index contributed by atoms with van der Waals surface area (Å²) in [5.74, 6) is 0. The quantitative estimate of drug-likeness (QED) is 0.620. The maximum Gasteiger partial charge on any atom is 0.429 e. The number of ether oxygens (including phenoxy) is 2. The molecule has 0 heterocycles. The third kappa shape index (κ3) is 9.58. The minimum absolute atomic E-state index is 0.272. The van der Waals surface area contributed by atoms with Gasteiger partial charge in [0, 0.05) is 5.33 Å². The van der Waals surface area contributed by atoms with Gasteiger partial charge in [-0.1, -0.05) is 15.9 Å². The average molecular weight is 339 g/mol. The summed E-state index contributed by atoms with van der Waals surface area (Å²) in [6.07, 6.45) is -1.32. The number of amides is 2. The number of nitrogens with one attached hydrogen (secondary N) is 1. The van der Waals surface area contributed by atoms with Gasteiger partial charge in [0.25, 0.3) is 0 Å². The van der Waals surface area contributed by atoms with Crippen LogP contribution in [0.15, 0.2) is 0 Å². The van der Waals surface area contributed by atoms with E-state index in [1.54, 1.807) is 41.5 Å². The molecule has 0 radical (unpaired) electrons. The topological polar surface area (TPSA) is 67.9 Å². The Bertz CT molecular complexity index is 321. The molecule has 19 heavy (non-hydrogen) atoms. The molecule has 0 aromatic rings. The lowest BCUT2D eigenvalue weighted by Crippen LogP contribution is -2.50. The lowest BCUT2D eigenvalue weighted by atomic mass is 10.2. The third-order valence-corrected chi connectivity index (χ3v) is 1.90. The van der Waals surface area contributed by atoms with Gasteiger partial charge in [0.2, 0.25) is 0 Å². The molecule has 6 nitrogen and oxygen atoms in total. The van der Waals surface area contributed by atoms with Crippen molar-refractivity contribution in [1.82, 2.24) is 10.4 Å². The van der Waals surface area contributed by atoms with Crippen molar-refractivity contribution in [2.24, 2.45) is 0 Å². The highest BCUT2D eigenvalue weighted by Gasteiger charge is 2.25. The Balaban J connectivity index is 4.57. The predicted molar refractivity (Wildman–Crippen MR) is 76.1 cm³/mol. The number of halogens is 1. The number of alkyl halides is 1. The van der Waals surface area contributed by atoms with Crippen molar-refractivity contribution in [2.75, 3.05) is 11.9 Å². The second-order valence-corrected chi connectivity index (χ2v) is 6.73. The van der Waals surface area contributed by atoms with E-state index in [1.165, 1.54) is 0 Å². The molecule has 2 amide bonds. The molecule has 0 rings (SSSR count). The van der Waals surface area contributed by atoms with E-state index in [-0.39, 0.29) is 6.54 Å². The Labute approximate surface area is 122 Å². The number of carbonyl (C=O) groups is 2. The van der Waals surface area contributed by atoms with Crippen molar-refractivity contribution < 1.29 is 19.1 Å². The van der Waals surface area contributed by atoms with Crippen molar-refractivity contribution in [1.29, 1.82) is 0 Å². The Morgan fingerprint density at radius 3 is 1.89 bits per heavy atom. The van der Waals surface area contributed by atoms with Crippen LogP contribution < -0.4 is 5.43 Å². The number of nitrogens with zero attached hydrogens (tertiary/aromatic N) is 1. The van der Waals surface area contributed by atoms with Gasteiger partial charge in [0.05, 0.1) is 6.54 Å². The minimum Gasteiger partial charge on any atom is -0.443 e. The van der Waals surface area contributed by atoms with E-state index in [2.05, 4.69) is 21.4 Å². The van der Waals surface area contributed by atoms with Gasteiger partial charge in [-0.15, -0.1) is 0 Å². The number of carbonyl (C=O) groups excluding carboxylic acids is 2. The molecule has 112 valence electrons. The van der Waals surface area contributed by atoms with Crippen molar-refractivity contribution in [2.45, 2.75) is 52.7 Å². The summed E-state index contributed by atoms with van der Waals surface area (Å²) in [6.45, 7) is 10.8. The van der Waals surface area contributed by atoms with Crippen LogP contribution in [0.2, 0.25) is 0 Å². The molecule has 7 heteroatoms. The Morgan fingerprint density at radius 1 is 1.05 bits per heavy atom. The van der Waals surface area contributed by atoms with Gasteiger partial charge in [0.1, 0.15) is 11.2 Å². The number of hydrogen-bond donors (Lipinski definition) is 1. The van der Waals surface area contributed by atoms with Crippen LogP contribution in [-0.4, -0.2) is 40.3 Å². The van der Waals surface area contributed by atoms with Gasteiger partial charge >= 0.3 is 12.2 Å². The highest BCUT2D eigenvalue weighted by atomic mass is 79.9. The van der Waals surface area contributed by atoms with Crippen molar-refractivity contribution >= 4 is 28.1 Å². The second kappa shape index (κ2) is 6.98. The van der Waals surface area contributed by atoms with E-state index in [0.29, 0.717) is 5.33 Å². The van der Waals surface area contributed by atoms with Crippen LogP contribution in [0.4, 0.5) is 9.59 Å². The number of rotatable bonds is 2. The highest BCUT2D eigenvalue weighted by Crippen LogP contribution is 2.10. The summed E-state index contributed by atoms with van der Waals surface area (Å²) in [6, 6.07) is 0. The fourth-order valence-electron chi connectivity index (χ4n) is 1.01. The summed E-state index contributed by atoms with van der Waals surface area (Å²) in [7, 11) is 0. The smallest absolute Gasteiger partial charge is 0.429 e. The lowest BCUT2D eigenvalue weighted by molar-refractivity contribution is 0.00294. The van der Waals surface area contributed by atoms with Crippen LogP contribution >= 0.6 is 15.9 Å². The minimum atomic E-state index is -0.695. The lowest BCUT2D eigenvalue weighted by Gasteiger charge is -2.28. The zero-order valence-electron chi connectivity index (χ0n) is 12.4. The van der Waals surface area contributed by atoms with Crippen LogP contribution in [0.3, 0.4) is 0 Å². The first-order chi connectivity index (χ1) is 8.44. The van der Waals surface area contributed by atoms with Gasteiger partial charge in [-0.25, -0.2) is 20.0 Å². The zero-order chi connectivity index (χ0) is 15.3. The van der Waals surface area contributed by atoms with Gasteiger partial charge in [-0.2, -0.15) is 0 Å². The highest BCUT2D eigenvalue weighted by molar-refractivity contribution is 9.09. The van der Waals surface area contributed by atoms with Crippen LogP contribution in [0, 0.1) is 0 Å². The van der Waals surface area contributed by atoms with Crippen LogP contribution in [-0.2, 0) is 9.47 Å². The summed E-state index contributed by atoms with van der Waals surface area (Å²) >= 11 is 3.21. The molecule has 0 saturated carbocycles. The molecule has 0 unspecified atom stereocenters. The molecule has 0 bridgehead atoms. The largest absolute Gasteiger partial charge is 0.443 e. The first-order valence-corrected chi connectivity index (χ1v) is 7.13. The van der Waals surface area contributed by atoms with E-state index in [0.717, 1.165) is 5.01 Å². The molecule has 0 saturated heterocycles. The van der Waals surface area contributed by atoms with E-state index in [9.17, 15) is 9.59 Å². The standard InChI is InChI=1S/C12H23BrN2O4/c1-11(2,3)18-9(16)14-15(8-7-13)10(17)19-12(4,5)6/h7-8H2,1-6H3,(H,14,16). The fraction of sp³-hybridized carbons (Fsp3) is 0.833. The van der Waals surface area contributed by atoms with Crippen LogP contribution in [0.25, 0.3) is 0 Å². The van der Waals surface area contributed by atoms with Gasteiger partial charge in [0.15, 0.2) is 0 Å². The first kappa shape index (κ1) is 18.0. The molecule has 0 aliphatic heterocycles. The van der Waals surface area contributed by atoms with E-state index >= 15 is 0 Å². The van der Waals surface area contributed by atoms with Gasteiger partial charge < -0.3 is 9.47 Å². The molecule has 0 aromatic heterocycles. The third-order valence-electron chi connectivity index (χ3n) is 1.55. The average Bonchev–Trinajstić information content (AvgIpc) is 2.10. The molecule has 1 N–H and O–H groups in total. The second-order valence-electron chi connectivity index (χ2n) is 5.93. The summed E-state index contributed by atoms with van der Waals surface area (Å²) in [4.78, 5) is 23.5. The van der Waals surface area contributed by atoms with E-state index < -0.39 is 23.4 Å². The van der Waals surface area contributed by atoms with Crippen molar-refractivity contribution in [3.63, 3.8) is 0 Å². The van der Waals surface area contributed by atoms with E-state index in [1.807, 2.05) is 0 Å². The number of hydrogen-bond acceptors (Lipinski definition) is 4. The molecule has 0 spiro atoms. The summed E-state index contributed by atoms with van der Waals surface area (Å²) < 4.78 is 10.3. The SMILES string of the molecule is CC(C)(C)OC(=O)NN(CCBr)C(=O)OC(C)(C)C. The van der Waals surface area contributed by atoms with Crippen molar-refractivity contribution in [3.8, 4) is 0 Å².